The van der Waals surface area contributed by atoms with Crippen molar-refractivity contribution in [1.29, 1.82) is 0 Å². The lowest BCUT2D eigenvalue weighted by molar-refractivity contribution is 0.823. The first-order chi connectivity index (χ1) is 10.4. The van der Waals surface area contributed by atoms with Crippen LogP contribution in [0.1, 0.15) is 16.8 Å². The van der Waals surface area contributed by atoms with Gasteiger partial charge in [-0.2, -0.15) is 0 Å². The molecule has 1 nitrogen and oxygen atoms in total. The van der Waals surface area contributed by atoms with Crippen LogP contribution in [0.3, 0.4) is 0 Å². The fourth-order valence-electron chi connectivity index (χ4n) is 3.15. The van der Waals surface area contributed by atoms with Crippen LogP contribution in [-0.4, -0.2) is 4.57 Å². The molecular formula is C20H17N. The van der Waals surface area contributed by atoms with E-state index in [4.69, 9.17) is 0 Å². The maximum atomic E-state index is 2.43. The average Bonchev–Trinajstić information content (AvgIpc) is 2.69. The van der Waals surface area contributed by atoms with Crippen LogP contribution in [0, 0.1) is 0 Å². The average molecular weight is 271 g/mol. The van der Waals surface area contributed by atoms with Gasteiger partial charge in [0, 0.05) is 23.1 Å². The molecule has 2 aromatic carbocycles. The van der Waals surface area contributed by atoms with E-state index in [0.29, 0.717) is 0 Å². The van der Waals surface area contributed by atoms with Gasteiger partial charge in [-0.15, -0.1) is 0 Å². The fraction of sp³-hybridized carbons (Fsp3) is 0.100. The summed E-state index contributed by atoms with van der Waals surface area (Å²) in [5.41, 5.74) is 5.44. The SMILES string of the molecule is C1=CCc2c(n(Cc3ccccc3)c3ccccc23)C=C1. The second kappa shape index (κ2) is 5.10. The number of aromatic nitrogens is 1. The molecule has 1 aliphatic rings. The van der Waals surface area contributed by atoms with Gasteiger partial charge in [0.2, 0.25) is 0 Å². The molecule has 0 N–H and O–H groups in total. The van der Waals surface area contributed by atoms with Crippen molar-refractivity contribution in [2.45, 2.75) is 13.0 Å². The summed E-state index contributed by atoms with van der Waals surface area (Å²) in [7, 11) is 0. The zero-order valence-corrected chi connectivity index (χ0v) is 11.9. The van der Waals surface area contributed by atoms with Gasteiger partial charge in [0.1, 0.15) is 0 Å². The molecule has 1 heteroatoms. The highest BCUT2D eigenvalue weighted by molar-refractivity contribution is 5.89. The van der Waals surface area contributed by atoms with E-state index in [1.807, 2.05) is 0 Å². The van der Waals surface area contributed by atoms with E-state index >= 15 is 0 Å². The molecular weight excluding hydrogens is 254 g/mol. The number of nitrogens with zero attached hydrogens (tertiary/aromatic N) is 1. The summed E-state index contributed by atoms with van der Waals surface area (Å²) >= 11 is 0. The molecule has 102 valence electrons. The molecule has 1 heterocycles. The van der Waals surface area contributed by atoms with E-state index < -0.39 is 0 Å². The summed E-state index contributed by atoms with van der Waals surface area (Å²) < 4.78 is 2.43. The topological polar surface area (TPSA) is 4.93 Å². The normalized spacial score (nSPS) is 13.3. The number of hydrogen-bond donors (Lipinski definition) is 0. The van der Waals surface area contributed by atoms with Crippen molar-refractivity contribution in [3.8, 4) is 0 Å². The van der Waals surface area contributed by atoms with Crippen LogP contribution in [0.4, 0.5) is 0 Å². The lowest BCUT2D eigenvalue weighted by Crippen LogP contribution is -2.02. The Morgan fingerprint density at radius 3 is 2.57 bits per heavy atom. The van der Waals surface area contributed by atoms with E-state index in [-0.39, 0.29) is 0 Å². The highest BCUT2D eigenvalue weighted by Crippen LogP contribution is 2.30. The monoisotopic (exact) mass is 271 g/mol. The summed E-state index contributed by atoms with van der Waals surface area (Å²) in [5.74, 6) is 0. The molecule has 21 heavy (non-hydrogen) atoms. The Morgan fingerprint density at radius 1 is 0.857 bits per heavy atom. The second-order valence-corrected chi connectivity index (χ2v) is 5.44. The van der Waals surface area contributed by atoms with Crippen molar-refractivity contribution < 1.29 is 0 Å². The number of para-hydroxylation sites is 1. The van der Waals surface area contributed by atoms with Crippen LogP contribution >= 0.6 is 0 Å². The number of hydrogen-bond acceptors (Lipinski definition) is 0. The van der Waals surface area contributed by atoms with Crippen LogP contribution < -0.4 is 0 Å². The van der Waals surface area contributed by atoms with E-state index in [2.05, 4.69) is 83.5 Å². The Kier molecular flexibility index (Phi) is 2.97. The minimum atomic E-state index is 0.918. The van der Waals surface area contributed by atoms with E-state index in [9.17, 15) is 0 Å². The minimum Gasteiger partial charge on any atom is -0.336 e. The third-order valence-corrected chi connectivity index (χ3v) is 4.13. The Balaban J connectivity index is 1.93. The van der Waals surface area contributed by atoms with Crippen molar-refractivity contribution >= 4 is 17.0 Å². The van der Waals surface area contributed by atoms with Crippen molar-refractivity contribution in [3.63, 3.8) is 0 Å². The Bertz CT molecular complexity index is 835. The van der Waals surface area contributed by atoms with E-state index in [1.54, 1.807) is 0 Å². The van der Waals surface area contributed by atoms with Gasteiger partial charge in [-0.1, -0.05) is 66.8 Å². The van der Waals surface area contributed by atoms with E-state index in [1.165, 1.54) is 27.7 Å². The molecule has 3 aromatic rings. The minimum absolute atomic E-state index is 0.918. The molecule has 0 fully saturated rings. The molecule has 4 rings (SSSR count). The largest absolute Gasteiger partial charge is 0.336 e. The third kappa shape index (κ3) is 2.11. The summed E-state index contributed by atoms with van der Waals surface area (Å²) in [6.45, 7) is 0.918. The number of allylic oxidation sites excluding steroid dienone is 3. The van der Waals surface area contributed by atoms with Gasteiger partial charge in [-0.05, 0) is 29.7 Å². The molecule has 0 saturated heterocycles. The van der Waals surface area contributed by atoms with Gasteiger partial charge < -0.3 is 4.57 Å². The molecule has 0 radical (unpaired) electrons. The van der Waals surface area contributed by atoms with Gasteiger partial charge >= 0.3 is 0 Å². The molecule has 0 bridgehead atoms. The van der Waals surface area contributed by atoms with Crippen LogP contribution in [-0.2, 0) is 13.0 Å². The Hall–Kier alpha value is -2.54. The third-order valence-electron chi connectivity index (χ3n) is 4.13. The summed E-state index contributed by atoms with van der Waals surface area (Å²) in [5, 5.41) is 1.37. The lowest BCUT2D eigenvalue weighted by atomic mass is 10.1. The maximum Gasteiger partial charge on any atom is 0.0491 e. The van der Waals surface area contributed by atoms with Crippen molar-refractivity contribution in [1.82, 2.24) is 4.57 Å². The zero-order chi connectivity index (χ0) is 14.1. The highest BCUT2D eigenvalue weighted by atomic mass is 15.0. The summed E-state index contributed by atoms with van der Waals surface area (Å²) in [6, 6.07) is 19.4. The van der Waals surface area contributed by atoms with Crippen LogP contribution in [0.15, 0.2) is 72.8 Å². The molecule has 0 amide bonds. The van der Waals surface area contributed by atoms with Crippen molar-refractivity contribution in [2.75, 3.05) is 0 Å². The van der Waals surface area contributed by atoms with Gasteiger partial charge in [0.25, 0.3) is 0 Å². The van der Waals surface area contributed by atoms with Crippen molar-refractivity contribution in [3.05, 3.63) is 89.6 Å². The number of rotatable bonds is 2. The zero-order valence-electron chi connectivity index (χ0n) is 11.9. The second-order valence-electron chi connectivity index (χ2n) is 5.44. The fourth-order valence-corrected chi connectivity index (χ4v) is 3.15. The van der Waals surface area contributed by atoms with Crippen LogP contribution in [0.25, 0.3) is 17.0 Å². The van der Waals surface area contributed by atoms with Gasteiger partial charge in [-0.25, -0.2) is 0 Å². The van der Waals surface area contributed by atoms with E-state index in [0.717, 1.165) is 13.0 Å². The molecule has 0 spiro atoms. The van der Waals surface area contributed by atoms with Gasteiger partial charge in [-0.3, -0.25) is 0 Å². The molecule has 0 atom stereocenters. The molecule has 1 aliphatic carbocycles. The standard InChI is InChI=1S/C20H17N/c1-3-9-16(10-4-1)15-21-19-13-6-2-5-11-17(19)18-12-7-8-14-20(18)21/h1-10,12-14H,11,15H2. The molecule has 0 unspecified atom stereocenters. The van der Waals surface area contributed by atoms with Crippen LogP contribution in [0.5, 0.6) is 0 Å². The lowest BCUT2D eigenvalue weighted by Gasteiger charge is -2.09. The molecule has 0 aliphatic heterocycles. The van der Waals surface area contributed by atoms with Gasteiger partial charge in [0.15, 0.2) is 0 Å². The number of benzene rings is 2. The highest BCUT2D eigenvalue weighted by Gasteiger charge is 2.14. The smallest absolute Gasteiger partial charge is 0.0491 e. The van der Waals surface area contributed by atoms with Crippen molar-refractivity contribution in [2.24, 2.45) is 0 Å². The quantitative estimate of drug-likeness (QED) is 0.630. The maximum absolute atomic E-state index is 2.43. The Labute approximate surface area is 124 Å². The molecule has 1 aromatic heterocycles. The predicted octanol–water partition coefficient (Wildman–Crippen LogP) is 4.82. The first-order valence-electron chi connectivity index (χ1n) is 7.41. The number of fused-ring (bicyclic) bond motifs is 3. The summed E-state index contributed by atoms with van der Waals surface area (Å²) in [4.78, 5) is 0. The first-order valence-corrected chi connectivity index (χ1v) is 7.41. The van der Waals surface area contributed by atoms with Crippen LogP contribution in [0.2, 0.25) is 0 Å². The predicted molar refractivity (Wildman–Crippen MR) is 89.4 cm³/mol. The first kappa shape index (κ1) is 12.2. The summed E-state index contributed by atoms with van der Waals surface area (Å²) in [6.07, 6.45) is 9.77. The molecule has 0 saturated carbocycles. The Morgan fingerprint density at radius 2 is 1.67 bits per heavy atom. The van der Waals surface area contributed by atoms with Gasteiger partial charge in [0.05, 0.1) is 0 Å².